The molecule has 0 saturated heterocycles. The second kappa shape index (κ2) is 6.85. The van der Waals surface area contributed by atoms with Gasteiger partial charge >= 0.3 is 5.97 Å². The van der Waals surface area contributed by atoms with E-state index in [9.17, 15) is 4.79 Å². The Bertz CT molecular complexity index is 584. The standard InChI is InChI=1S/C13H11NO2.HNO2/c1-9-4-2-3-5-11(9)12-8-10(13(15)16)6-7-14-12;2-1-3/h2-8H,1H3,(H,15,16);(H,2,3). The highest BCUT2D eigenvalue weighted by Crippen LogP contribution is 2.21. The van der Waals surface area contributed by atoms with Crippen molar-refractivity contribution in [3.63, 3.8) is 0 Å². The smallest absolute Gasteiger partial charge is 0.335 e. The highest BCUT2D eigenvalue weighted by Gasteiger charge is 2.07. The largest absolute Gasteiger partial charge is 0.478 e. The number of carboxylic acid groups (broad SMARTS) is 1. The third-order valence-electron chi connectivity index (χ3n) is 2.43. The van der Waals surface area contributed by atoms with Gasteiger partial charge in [0.15, 0.2) is 5.34 Å². The van der Waals surface area contributed by atoms with Crippen LogP contribution in [-0.4, -0.2) is 21.3 Å². The van der Waals surface area contributed by atoms with Gasteiger partial charge in [-0.25, -0.2) is 4.79 Å². The van der Waals surface area contributed by atoms with Crippen molar-refractivity contribution in [1.82, 2.24) is 4.98 Å². The minimum absolute atomic E-state index is 0.258. The van der Waals surface area contributed by atoms with Crippen molar-refractivity contribution in [3.05, 3.63) is 58.6 Å². The van der Waals surface area contributed by atoms with Crippen molar-refractivity contribution in [2.24, 2.45) is 5.34 Å². The van der Waals surface area contributed by atoms with E-state index in [1.165, 1.54) is 17.6 Å². The van der Waals surface area contributed by atoms with Crippen LogP contribution in [0.3, 0.4) is 0 Å². The lowest BCUT2D eigenvalue weighted by Gasteiger charge is -2.05. The molecule has 0 bridgehead atoms. The molecule has 2 rings (SSSR count). The summed E-state index contributed by atoms with van der Waals surface area (Å²) in [5.41, 5.74) is 2.99. The molecule has 0 aliphatic carbocycles. The molecule has 0 atom stereocenters. The molecule has 2 aromatic rings. The molecule has 1 aromatic heterocycles. The SMILES string of the molecule is Cc1ccccc1-c1cc(C(=O)O)ccn1.O=NO. The van der Waals surface area contributed by atoms with E-state index in [-0.39, 0.29) is 5.56 Å². The predicted octanol–water partition coefficient (Wildman–Crippen LogP) is 2.90. The Balaban J connectivity index is 0.000000550. The van der Waals surface area contributed by atoms with Gasteiger partial charge in [-0.1, -0.05) is 24.3 Å². The molecule has 0 unspecified atom stereocenters. The van der Waals surface area contributed by atoms with Crippen LogP contribution >= 0.6 is 0 Å². The van der Waals surface area contributed by atoms with Crippen molar-refractivity contribution >= 4 is 5.97 Å². The number of benzene rings is 1. The molecule has 0 aliphatic rings. The first kappa shape index (κ1) is 14.3. The molecule has 98 valence electrons. The van der Waals surface area contributed by atoms with E-state index in [0.29, 0.717) is 5.69 Å². The Kier molecular flexibility index (Phi) is 5.16. The number of carboxylic acids is 1. The lowest BCUT2D eigenvalue weighted by atomic mass is 10.0. The molecular formula is C13H12N2O4. The number of aromatic nitrogens is 1. The Morgan fingerprint density at radius 3 is 2.47 bits per heavy atom. The molecule has 6 heteroatoms. The zero-order chi connectivity index (χ0) is 14.3. The third kappa shape index (κ3) is 3.88. The van der Waals surface area contributed by atoms with Crippen molar-refractivity contribution < 1.29 is 15.1 Å². The van der Waals surface area contributed by atoms with Crippen molar-refractivity contribution in [3.8, 4) is 11.3 Å². The second-order valence-corrected chi connectivity index (χ2v) is 3.63. The summed E-state index contributed by atoms with van der Waals surface area (Å²) in [6, 6.07) is 10.8. The fourth-order valence-corrected chi connectivity index (χ4v) is 1.57. The fourth-order valence-electron chi connectivity index (χ4n) is 1.57. The molecule has 1 aromatic carbocycles. The van der Waals surface area contributed by atoms with Crippen LogP contribution in [0.15, 0.2) is 47.9 Å². The zero-order valence-corrected chi connectivity index (χ0v) is 10.1. The predicted molar refractivity (Wildman–Crippen MR) is 69.0 cm³/mol. The van der Waals surface area contributed by atoms with Gasteiger partial charge in [-0.15, -0.1) is 4.91 Å². The summed E-state index contributed by atoms with van der Waals surface area (Å²) < 4.78 is 0. The molecular weight excluding hydrogens is 248 g/mol. The quantitative estimate of drug-likeness (QED) is 0.638. The minimum atomic E-state index is -0.933. The molecule has 6 nitrogen and oxygen atoms in total. The van der Waals surface area contributed by atoms with Gasteiger partial charge in [-0.2, -0.15) is 0 Å². The molecule has 0 amide bonds. The average Bonchev–Trinajstić information content (AvgIpc) is 2.40. The average molecular weight is 260 g/mol. The lowest BCUT2D eigenvalue weighted by molar-refractivity contribution is 0.0697. The van der Waals surface area contributed by atoms with Gasteiger partial charge in [-0.05, 0) is 24.6 Å². The second-order valence-electron chi connectivity index (χ2n) is 3.63. The molecule has 0 saturated carbocycles. The van der Waals surface area contributed by atoms with E-state index in [4.69, 9.17) is 15.2 Å². The number of nitrogens with zero attached hydrogens (tertiary/aromatic N) is 2. The number of carbonyl (C=O) groups is 1. The van der Waals surface area contributed by atoms with E-state index in [1.54, 1.807) is 6.07 Å². The minimum Gasteiger partial charge on any atom is -0.478 e. The molecule has 2 N–H and O–H groups in total. The van der Waals surface area contributed by atoms with Crippen molar-refractivity contribution in [2.75, 3.05) is 0 Å². The maximum atomic E-state index is 10.8. The third-order valence-corrected chi connectivity index (χ3v) is 2.43. The molecule has 1 heterocycles. The normalized spacial score (nSPS) is 9.11. The Morgan fingerprint density at radius 1 is 1.26 bits per heavy atom. The van der Waals surface area contributed by atoms with Crippen LogP contribution < -0.4 is 0 Å². The summed E-state index contributed by atoms with van der Waals surface area (Å²) in [6.07, 6.45) is 1.52. The first-order chi connectivity index (χ1) is 9.10. The van der Waals surface area contributed by atoms with Crippen LogP contribution in [0, 0.1) is 11.8 Å². The van der Waals surface area contributed by atoms with Gasteiger partial charge in [0.05, 0.1) is 11.3 Å². The van der Waals surface area contributed by atoms with Gasteiger partial charge in [0.25, 0.3) is 0 Å². The lowest BCUT2D eigenvalue weighted by Crippen LogP contribution is -1.97. The van der Waals surface area contributed by atoms with Crippen LogP contribution in [0.1, 0.15) is 15.9 Å². The monoisotopic (exact) mass is 260 g/mol. The van der Waals surface area contributed by atoms with E-state index in [1.807, 2.05) is 31.2 Å². The number of aromatic carboxylic acids is 1. The zero-order valence-electron chi connectivity index (χ0n) is 10.1. The highest BCUT2D eigenvalue weighted by atomic mass is 16.6. The summed E-state index contributed by atoms with van der Waals surface area (Å²) >= 11 is 0. The Hall–Kier alpha value is -2.76. The maximum absolute atomic E-state index is 10.8. The number of pyridine rings is 1. The summed E-state index contributed by atoms with van der Waals surface area (Å²) in [6.45, 7) is 1.98. The van der Waals surface area contributed by atoms with Crippen molar-refractivity contribution in [2.45, 2.75) is 6.92 Å². The summed E-state index contributed by atoms with van der Waals surface area (Å²) in [5.74, 6) is -0.933. The van der Waals surface area contributed by atoms with E-state index in [0.717, 1.165) is 11.1 Å². The summed E-state index contributed by atoms with van der Waals surface area (Å²) in [7, 11) is 0. The van der Waals surface area contributed by atoms with Gasteiger partial charge < -0.3 is 10.3 Å². The highest BCUT2D eigenvalue weighted by molar-refractivity contribution is 5.88. The van der Waals surface area contributed by atoms with E-state index in [2.05, 4.69) is 4.98 Å². The van der Waals surface area contributed by atoms with Crippen LogP contribution in [0.5, 0.6) is 0 Å². The topological polar surface area (TPSA) is 99.8 Å². The molecule has 0 fully saturated rings. The molecule has 0 spiro atoms. The number of rotatable bonds is 2. The summed E-state index contributed by atoms with van der Waals surface area (Å²) in [4.78, 5) is 23.1. The van der Waals surface area contributed by atoms with Gasteiger partial charge in [-0.3, -0.25) is 4.98 Å². The van der Waals surface area contributed by atoms with Crippen LogP contribution in [0.4, 0.5) is 0 Å². The maximum Gasteiger partial charge on any atom is 0.335 e. The molecule has 19 heavy (non-hydrogen) atoms. The van der Waals surface area contributed by atoms with E-state index < -0.39 is 5.97 Å². The van der Waals surface area contributed by atoms with Crippen LogP contribution in [-0.2, 0) is 0 Å². The number of hydrogen-bond donors (Lipinski definition) is 2. The van der Waals surface area contributed by atoms with Gasteiger partial charge in [0, 0.05) is 11.8 Å². The van der Waals surface area contributed by atoms with Gasteiger partial charge in [0.1, 0.15) is 0 Å². The Labute approximate surface area is 109 Å². The van der Waals surface area contributed by atoms with Crippen LogP contribution in [0.25, 0.3) is 11.3 Å². The molecule has 0 aliphatic heterocycles. The molecule has 0 radical (unpaired) electrons. The number of aryl methyl sites for hydroxylation is 1. The van der Waals surface area contributed by atoms with Crippen LogP contribution in [0.2, 0.25) is 0 Å². The fraction of sp³-hybridized carbons (Fsp3) is 0.0769. The van der Waals surface area contributed by atoms with E-state index >= 15 is 0 Å². The van der Waals surface area contributed by atoms with Gasteiger partial charge in [0.2, 0.25) is 0 Å². The first-order valence-electron chi connectivity index (χ1n) is 5.32. The Morgan fingerprint density at radius 2 is 1.89 bits per heavy atom. The van der Waals surface area contributed by atoms with Crippen molar-refractivity contribution in [1.29, 1.82) is 0 Å². The number of hydrogen-bond acceptors (Lipinski definition) is 4. The first-order valence-corrected chi connectivity index (χ1v) is 5.32. The summed E-state index contributed by atoms with van der Waals surface area (Å²) in [5, 5.41) is 16.8.